The molecule has 0 aromatic heterocycles. The smallest absolute Gasteiger partial charge is 0.308 e. The third-order valence-corrected chi connectivity index (χ3v) is 12.4. The Bertz CT molecular complexity index is 1490. The number of hydrogen-bond donors (Lipinski definition) is 0. The normalized spacial score (nSPS) is 37.4. The van der Waals surface area contributed by atoms with Crippen molar-refractivity contribution in [3.8, 4) is 0 Å². The lowest BCUT2D eigenvalue weighted by atomic mass is 9.42. The van der Waals surface area contributed by atoms with Crippen molar-refractivity contribution in [2.45, 2.75) is 105 Å². The van der Waals surface area contributed by atoms with Gasteiger partial charge in [-0.05, 0) is 43.5 Å². The van der Waals surface area contributed by atoms with Gasteiger partial charge in [0.2, 0.25) is 0 Å². The molecule has 0 amide bonds. The number of Topliss-reactive ketones (excluding diaryl/α,β-unsaturated/α-hetero) is 1. The van der Waals surface area contributed by atoms with Crippen LogP contribution in [0.5, 0.6) is 0 Å². The molecule has 4 aliphatic rings. The molecule has 0 unspecified atom stereocenters. The summed E-state index contributed by atoms with van der Waals surface area (Å²) in [7, 11) is 3.81. The first-order valence-electron chi connectivity index (χ1n) is 16.5. The van der Waals surface area contributed by atoms with Crippen LogP contribution in [0, 0.1) is 33.5 Å². The van der Waals surface area contributed by atoms with E-state index < -0.39 is 81.8 Å². The predicted octanol–water partition coefficient (Wildman–Crippen LogP) is 4.99. The van der Waals surface area contributed by atoms with Crippen LogP contribution >= 0.6 is 0 Å². The maximum absolute atomic E-state index is 14.0. The predicted molar refractivity (Wildman–Crippen MR) is 171 cm³/mol. The van der Waals surface area contributed by atoms with Gasteiger partial charge in [0.05, 0.1) is 11.8 Å². The molecular formula is C37H49NO9. The van der Waals surface area contributed by atoms with E-state index in [4.69, 9.17) is 18.9 Å². The first kappa shape index (κ1) is 34.8. The largest absolute Gasteiger partial charge is 0.461 e. The molecule has 2 bridgehead atoms. The van der Waals surface area contributed by atoms with Gasteiger partial charge in [-0.1, -0.05) is 64.6 Å². The third kappa shape index (κ3) is 4.71. The minimum Gasteiger partial charge on any atom is -0.461 e. The summed E-state index contributed by atoms with van der Waals surface area (Å²) in [6.07, 6.45) is -2.79. The van der Waals surface area contributed by atoms with Crippen molar-refractivity contribution in [2.75, 3.05) is 14.1 Å². The Balaban J connectivity index is 1.69. The molecule has 1 aromatic carbocycles. The summed E-state index contributed by atoms with van der Waals surface area (Å²) < 4.78 is 24.9. The van der Waals surface area contributed by atoms with Gasteiger partial charge in [0.15, 0.2) is 0 Å². The van der Waals surface area contributed by atoms with Crippen LogP contribution in [0.2, 0.25) is 0 Å². The van der Waals surface area contributed by atoms with Crippen molar-refractivity contribution in [3.05, 3.63) is 48.0 Å². The molecule has 0 saturated heterocycles. The highest BCUT2D eigenvalue weighted by Gasteiger charge is 2.92. The second-order valence-electron chi connectivity index (χ2n) is 15.0. The van der Waals surface area contributed by atoms with Crippen molar-refractivity contribution < 1.29 is 42.9 Å². The number of hydrogen-bond acceptors (Lipinski definition) is 10. The highest BCUT2D eigenvalue weighted by Crippen LogP contribution is 2.86. The molecule has 47 heavy (non-hydrogen) atoms. The SMILES string of the molecule is C=C1[C@H](OC(=O)C[C@@H](c2ccccc2)N(C)C)CC[C@@]2(C)[C@H](OC(C)=O)[C@H](OC(C)=O)[C@@]34[C@H](C)C(=O)C[C@@H]([C@H](OC(C)=O)[C@@]132)C4(C)C. The summed E-state index contributed by atoms with van der Waals surface area (Å²) in [6, 6.07) is 9.48. The van der Waals surface area contributed by atoms with E-state index in [9.17, 15) is 24.0 Å². The van der Waals surface area contributed by atoms with Gasteiger partial charge in [0, 0.05) is 55.9 Å². The number of carbonyl (C=O) groups excluding carboxylic acids is 5. The maximum atomic E-state index is 14.0. The number of ether oxygens (including phenoxy) is 4. The van der Waals surface area contributed by atoms with Gasteiger partial charge in [0.25, 0.3) is 0 Å². The lowest BCUT2D eigenvalue weighted by molar-refractivity contribution is -0.194. The summed E-state index contributed by atoms with van der Waals surface area (Å²) in [5, 5.41) is 0. The highest BCUT2D eigenvalue weighted by molar-refractivity contribution is 5.86. The Labute approximate surface area is 277 Å². The Kier molecular flexibility index (Phi) is 8.78. The summed E-state index contributed by atoms with van der Waals surface area (Å²) in [6.45, 7) is 16.4. The molecule has 1 aromatic rings. The van der Waals surface area contributed by atoms with Crippen LogP contribution in [0.1, 0.15) is 85.8 Å². The molecule has 0 heterocycles. The zero-order valence-electron chi connectivity index (χ0n) is 29.1. The average Bonchev–Trinajstić information content (AvgIpc) is 3.22. The van der Waals surface area contributed by atoms with Crippen molar-refractivity contribution in [2.24, 2.45) is 33.5 Å². The fourth-order valence-electron chi connectivity index (χ4n) is 10.9. The lowest BCUT2D eigenvalue weighted by Gasteiger charge is -2.60. The molecule has 4 saturated carbocycles. The van der Waals surface area contributed by atoms with Crippen LogP contribution in [-0.2, 0) is 42.9 Å². The molecule has 10 nitrogen and oxygen atoms in total. The topological polar surface area (TPSA) is 126 Å². The molecule has 0 N–H and O–H groups in total. The first-order valence-corrected chi connectivity index (χ1v) is 16.5. The van der Waals surface area contributed by atoms with Crippen molar-refractivity contribution >= 4 is 29.7 Å². The third-order valence-electron chi connectivity index (χ3n) is 12.4. The van der Waals surface area contributed by atoms with Crippen LogP contribution in [0.3, 0.4) is 0 Å². The molecule has 0 radical (unpaired) electrons. The zero-order chi connectivity index (χ0) is 34.9. The molecule has 4 fully saturated rings. The Morgan fingerprint density at radius 2 is 1.45 bits per heavy atom. The van der Waals surface area contributed by atoms with Gasteiger partial charge in [0.1, 0.15) is 30.2 Å². The number of nitrogens with zero attached hydrogens (tertiary/aromatic N) is 1. The van der Waals surface area contributed by atoms with E-state index in [1.807, 2.05) is 77.0 Å². The van der Waals surface area contributed by atoms with Crippen molar-refractivity contribution in [3.63, 3.8) is 0 Å². The van der Waals surface area contributed by atoms with Gasteiger partial charge < -0.3 is 23.8 Å². The van der Waals surface area contributed by atoms with Crippen molar-refractivity contribution in [1.29, 1.82) is 0 Å². The lowest BCUT2D eigenvalue weighted by Crippen LogP contribution is -2.63. The van der Waals surface area contributed by atoms with E-state index in [0.717, 1.165) is 5.56 Å². The van der Waals surface area contributed by atoms with E-state index in [-0.39, 0.29) is 24.7 Å². The summed E-state index contributed by atoms with van der Waals surface area (Å²) in [5.74, 6) is -3.34. The molecule has 10 heteroatoms. The number of rotatable bonds is 8. The molecule has 10 atom stereocenters. The number of benzene rings is 1. The number of esters is 4. The molecule has 256 valence electrons. The van der Waals surface area contributed by atoms with Gasteiger partial charge in [-0.2, -0.15) is 0 Å². The van der Waals surface area contributed by atoms with Crippen molar-refractivity contribution in [1.82, 2.24) is 4.90 Å². The summed E-state index contributed by atoms with van der Waals surface area (Å²) >= 11 is 0. The Morgan fingerprint density at radius 3 is 2.00 bits per heavy atom. The maximum Gasteiger partial charge on any atom is 0.308 e. The molecular weight excluding hydrogens is 602 g/mol. The first-order chi connectivity index (χ1) is 21.9. The second-order valence-corrected chi connectivity index (χ2v) is 15.0. The fraction of sp³-hybridized carbons (Fsp3) is 0.649. The summed E-state index contributed by atoms with van der Waals surface area (Å²) in [4.78, 5) is 68.3. The Morgan fingerprint density at radius 1 is 0.894 bits per heavy atom. The van der Waals surface area contributed by atoms with E-state index >= 15 is 0 Å². The Hall–Kier alpha value is -3.53. The molecule has 5 rings (SSSR count). The summed E-state index contributed by atoms with van der Waals surface area (Å²) in [5.41, 5.74) is -2.82. The quantitative estimate of drug-likeness (QED) is 0.216. The molecule has 4 aliphatic carbocycles. The van der Waals surface area contributed by atoms with Gasteiger partial charge in [-0.25, -0.2) is 0 Å². The van der Waals surface area contributed by atoms with Gasteiger partial charge in [-0.15, -0.1) is 0 Å². The van der Waals surface area contributed by atoms with E-state index in [0.29, 0.717) is 18.4 Å². The zero-order valence-corrected chi connectivity index (χ0v) is 29.1. The number of ketones is 1. The second kappa shape index (κ2) is 11.9. The van der Waals surface area contributed by atoms with Crippen LogP contribution < -0.4 is 0 Å². The van der Waals surface area contributed by atoms with Crippen LogP contribution in [0.15, 0.2) is 42.5 Å². The van der Waals surface area contributed by atoms with Crippen LogP contribution in [0.4, 0.5) is 0 Å². The van der Waals surface area contributed by atoms with E-state index in [2.05, 4.69) is 6.58 Å². The minimum atomic E-state index is -1.27. The molecule has 2 spiro atoms. The van der Waals surface area contributed by atoms with Gasteiger partial charge >= 0.3 is 23.9 Å². The fourth-order valence-corrected chi connectivity index (χ4v) is 10.9. The minimum absolute atomic E-state index is 0.0602. The monoisotopic (exact) mass is 651 g/mol. The highest BCUT2D eigenvalue weighted by atomic mass is 16.6. The van der Waals surface area contributed by atoms with Crippen LogP contribution in [-0.4, -0.2) is 73.1 Å². The van der Waals surface area contributed by atoms with Crippen LogP contribution in [0.25, 0.3) is 0 Å². The van der Waals surface area contributed by atoms with E-state index in [1.165, 1.54) is 20.8 Å². The standard InChI is InChI=1S/C37H49NO9/c1-20-28(42)18-26-31(44-22(3)39)37-21(2)29(47-30(43)19-27(38(9)10)25-14-12-11-13-15-25)16-17-35(37,8)32(45-23(4)40)33(46-24(5)41)36(20,37)34(26,6)7/h11-15,20,26-27,29,31-33H,2,16-19H2,1,3-10H3/t20-,26+,27+,29-,31+,32-,33+,35+,36-,37-/m1/s1. The molecule has 0 aliphatic heterocycles. The van der Waals surface area contributed by atoms with E-state index in [1.54, 1.807) is 0 Å². The average molecular weight is 652 g/mol. The number of carbonyl (C=O) groups is 5. The van der Waals surface area contributed by atoms with Gasteiger partial charge in [-0.3, -0.25) is 24.0 Å². The number of fused-ring (bicyclic) bond motifs is 1.